The lowest BCUT2D eigenvalue weighted by Gasteiger charge is -2.19. The van der Waals surface area contributed by atoms with Crippen LogP contribution in [0.15, 0.2) is 0 Å². The zero-order valence-electron chi connectivity index (χ0n) is 7.35. The van der Waals surface area contributed by atoms with E-state index >= 15 is 0 Å². The van der Waals surface area contributed by atoms with E-state index in [4.69, 9.17) is 0 Å². The Morgan fingerprint density at radius 3 is 1.71 bits per heavy atom. The van der Waals surface area contributed by atoms with Crippen molar-refractivity contribution >= 4 is 0 Å². The van der Waals surface area contributed by atoms with Gasteiger partial charge in [0.05, 0.1) is 0 Å². The lowest BCUT2D eigenvalue weighted by atomic mass is 10.1. The Morgan fingerprint density at radius 2 is 1.35 bits per heavy atom. The Bertz CT molecular complexity index is 412. The molecule has 0 amide bonds. The lowest BCUT2D eigenvalue weighted by Crippen LogP contribution is -2.36. The summed E-state index contributed by atoms with van der Waals surface area (Å²) in [4.78, 5) is 0. The summed E-state index contributed by atoms with van der Waals surface area (Å²) < 4.78 is 109. The first-order valence-corrected chi connectivity index (χ1v) is 3.65. The number of aromatic amines is 1. The van der Waals surface area contributed by atoms with Gasteiger partial charge >= 0.3 is 18.3 Å². The van der Waals surface area contributed by atoms with Crippen LogP contribution in [0, 0.1) is 5.95 Å². The fourth-order valence-electron chi connectivity index (χ4n) is 0.941. The molecule has 0 radical (unpaired) electrons. The van der Waals surface area contributed by atoms with Gasteiger partial charge in [0.2, 0.25) is 5.95 Å². The van der Waals surface area contributed by atoms with Crippen molar-refractivity contribution in [2.75, 3.05) is 0 Å². The van der Waals surface area contributed by atoms with Crippen molar-refractivity contribution in [3.63, 3.8) is 0 Å². The van der Waals surface area contributed by atoms with Gasteiger partial charge in [0.15, 0.2) is 5.69 Å². The van der Waals surface area contributed by atoms with E-state index in [0.717, 1.165) is 5.10 Å². The molecule has 98 valence electrons. The maximum atomic E-state index is 12.6. The third-order valence-electron chi connectivity index (χ3n) is 1.66. The van der Waals surface area contributed by atoms with Crippen molar-refractivity contribution in [1.29, 1.82) is 0 Å². The van der Waals surface area contributed by atoms with Crippen LogP contribution in [0.25, 0.3) is 0 Å². The first-order chi connectivity index (χ1) is 7.39. The molecule has 1 N–H and O–H groups in total. The lowest BCUT2D eigenvalue weighted by molar-refractivity contribution is -0.292. The van der Waals surface area contributed by atoms with Crippen LogP contribution in [0.4, 0.5) is 39.5 Å². The van der Waals surface area contributed by atoms with E-state index < -0.39 is 35.5 Å². The van der Waals surface area contributed by atoms with Crippen LogP contribution < -0.4 is 0 Å². The van der Waals surface area contributed by atoms with Gasteiger partial charge in [-0.15, -0.1) is 0 Å². The second-order valence-corrected chi connectivity index (χ2v) is 2.83. The molecule has 0 aromatic carbocycles. The van der Waals surface area contributed by atoms with Crippen LogP contribution in [0.1, 0.15) is 11.3 Å². The zero-order valence-corrected chi connectivity index (χ0v) is 7.35. The molecular formula is C6HF9N2. The summed E-state index contributed by atoms with van der Waals surface area (Å²) in [6.07, 6.45) is -12.0. The summed E-state index contributed by atoms with van der Waals surface area (Å²) in [5, 5.41) is 2.84. The number of alkyl halides is 8. The molecule has 0 unspecified atom stereocenters. The summed E-state index contributed by atoms with van der Waals surface area (Å²) >= 11 is 0. The number of aromatic nitrogens is 2. The number of H-pyrrole nitrogens is 1. The second-order valence-electron chi connectivity index (χ2n) is 2.83. The van der Waals surface area contributed by atoms with Crippen LogP contribution in [0.3, 0.4) is 0 Å². The van der Waals surface area contributed by atoms with Crippen LogP contribution >= 0.6 is 0 Å². The molecule has 0 bridgehead atoms. The molecule has 0 saturated heterocycles. The molecule has 11 heteroatoms. The van der Waals surface area contributed by atoms with Crippen molar-refractivity contribution < 1.29 is 39.5 Å². The number of halogens is 9. The largest absolute Gasteiger partial charge is 0.459 e. The third kappa shape index (κ3) is 2.17. The van der Waals surface area contributed by atoms with E-state index in [0.29, 0.717) is 0 Å². The highest BCUT2D eigenvalue weighted by molar-refractivity contribution is 5.26. The Balaban J connectivity index is 3.45. The zero-order chi connectivity index (χ0) is 13.6. The molecule has 0 spiro atoms. The highest BCUT2D eigenvalue weighted by atomic mass is 19.4. The minimum absolute atomic E-state index is 0.805. The number of hydrogen-bond donors (Lipinski definition) is 1. The Labute approximate surface area is 86.4 Å². The highest BCUT2D eigenvalue weighted by Crippen LogP contribution is 2.47. The van der Waals surface area contributed by atoms with E-state index in [-0.39, 0.29) is 0 Å². The predicted octanol–water partition coefficient (Wildman–Crippen LogP) is 3.22. The van der Waals surface area contributed by atoms with E-state index in [1.165, 1.54) is 0 Å². The van der Waals surface area contributed by atoms with E-state index in [9.17, 15) is 39.5 Å². The summed E-state index contributed by atoms with van der Waals surface area (Å²) in [5.41, 5.74) is -5.50. The van der Waals surface area contributed by atoms with Crippen LogP contribution in [0.2, 0.25) is 0 Å². The maximum Gasteiger partial charge on any atom is 0.459 e. The molecule has 0 aliphatic heterocycles. The SMILES string of the molecule is Fc1[nH]nc(C(F)(F)C(F)(F)F)c1C(F)(F)F. The molecule has 1 aromatic rings. The molecule has 0 atom stereocenters. The van der Waals surface area contributed by atoms with Gasteiger partial charge < -0.3 is 0 Å². The minimum atomic E-state index is -6.31. The average molecular weight is 272 g/mol. The molecule has 1 heterocycles. The van der Waals surface area contributed by atoms with Crippen LogP contribution in [-0.4, -0.2) is 16.4 Å². The van der Waals surface area contributed by atoms with E-state index in [1.54, 1.807) is 0 Å². The first-order valence-electron chi connectivity index (χ1n) is 3.65. The number of rotatable bonds is 1. The van der Waals surface area contributed by atoms with Gasteiger partial charge in [-0.05, 0) is 0 Å². The van der Waals surface area contributed by atoms with Gasteiger partial charge in [-0.2, -0.15) is 44.6 Å². The van der Waals surface area contributed by atoms with Gasteiger partial charge in [-0.1, -0.05) is 0 Å². The molecule has 1 rings (SSSR count). The predicted molar refractivity (Wildman–Crippen MR) is 33.5 cm³/mol. The number of hydrogen-bond acceptors (Lipinski definition) is 1. The fraction of sp³-hybridized carbons (Fsp3) is 0.500. The molecule has 0 saturated carbocycles. The first kappa shape index (κ1) is 13.6. The van der Waals surface area contributed by atoms with Crippen molar-refractivity contribution in [3.8, 4) is 0 Å². The van der Waals surface area contributed by atoms with Gasteiger partial charge in [0, 0.05) is 0 Å². The Kier molecular flexibility index (Phi) is 2.84. The molecule has 0 fully saturated rings. The second kappa shape index (κ2) is 3.53. The monoisotopic (exact) mass is 272 g/mol. The Hall–Kier alpha value is -1.42. The topological polar surface area (TPSA) is 28.7 Å². The minimum Gasteiger partial charge on any atom is -0.252 e. The normalized spacial score (nSPS) is 14.2. The van der Waals surface area contributed by atoms with Crippen molar-refractivity contribution in [3.05, 3.63) is 17.2 Å². The fourth-order valence-corrected chi connectivity index (χ4v) is 0.941. The van der Waals surface area contributed by atoms with Gasteiger partial charge in [-0.25, -0.2) is 0 Å². The summed E-state index contributed by atoms with van der Waals surface area (Å²) in [6, 6.07) is 0. The summed E-state index contributed by atoms with van der Waals surface area (Å²) in [6.45, 7) is 0. The van der Waals surface area contributed by atoms with Crippen LogP contribution in [-0.2, 0) is 12.1 Å². The van der Waals surface area contributed by atoms with E-state index in [2.05, 4.69) is 0 Å². The van der Waals surface area contributed by atoms with Gasteiger partial charge in [0.1, 0.15) is 5.56 Å². The van der Waals surface area contributed by atoms with Crippen molar-refractivity contribution in [2.24, 2.45) is 0 Å². The highest BCUT2D eigenvalue weighted by Gasteiger charge is 2.63. The summed E-state index contributed by atoms with van der Waals surface area (Å²) in [5.74, 6) is -8.31. The molecule has 1 aromatic heterocycles. The van der Waals surface area contributed by atoms with Crippen molar-refractivity contribution in [1.82, 2.24) is 10.2 Å². The molecule has 2 nitrogen and oxygen atoms in total. The van der Waals surface area contributed by atoms with Crippen molar-refractivity contribution in [2.45, 2.75) is 18.3 Å². The van der Waals surface area contributed by atoms with E-state index in [1.807, 2.05) is 5.10 Å². The summed E-state index contributed by atoms with van der Waals surface area (Å²) in [7, 11) is 0. The maximum absolute atomic E-state index is 12.6. The standard InChI is InChI=1S/C6HF9N2/c7-3-1(5(10,11)12)2(16-17-3)4(8,9)6(13,14)15/h(H,16,17). The number of nitrogens with one attached hydrogen (secondary N) is 1. The molecular weight excluding hydrogens is 271 g/mol. The third-order valence-corrected chi connectivity index (χ3v) is 1.66. The Morgan fingerprint density at radius 1 is 0.882 bits per heavy atom. The number of nitrogens with zero attached hydrogens (tertiary/aromatic N) is 1. The molecule has 0 aliphatic rings. The quantitative estimate of drug-likeness (QED) is 0.781. The molecule has 17 heavy (non-hydrogen) atoms. The average Bonchev–Trinajstić information content (AvgIpc) is 2.44. The molecule has 0 aliphatic carbocycles. The van der Waals surface area contributed by atoms with Crippen LogP contribution in [0.5, 0.6) is 0 Å². The van der Waals surface area contributed by atoms with Gasteiger partial charge in [0.25, 0.3) is 0 Å². The van der Waals surface area contributed by atoms with Gasteiger partial charge in [-0.3, -0.25) is 5.10 Å². The smallest absolute Gasteiger partial charge is 0.252 e.